The molecule has 1 aliphatic carbocycles. The van der Waals surface area contributed by atoms with Crippen LogP contribution in [0.4, 0.5) is 0 Å². The molecule has 0 saturated carbocycles. The number of pyridine rings is 1. The molecule has 7 rings (SSSR count). The molecule has 1 saturated heterocycles. The topological polar surface area (TPSA) is 157 Å². The van der Waals surface area contributed by atoms with E-state index in [-0.39, 0.29) is 37.4 Å². The van der Waals surface area contributed by atoms with Crippen LogP contribution < -0.4 is 14.8 Å². The predicted molar refractivity (Wildman–Crippen MR) is 207 cm³/mol. The van der Waals surface area contributed by atoms with E-state index in [2.05, 4.69) is 75.6 Å². The molecule has 0 radical (unpaired) electrons. The highest BCUT2D eigenvalue weighted by Crippen LogP contribution is 2.43. The largest absolute Gasteiger partial charge is 0.481 e. The van der Waals surface area contributed by atoms with Crippen LogP contribution in [-0.2, 0) is 29.1 Å². The molecular weight excluding hydrogens is 731 g/mol. The average Bonchev–Trinajstić information content (AvgIpc) is 3.88. The number of likely N-dealkylation sites (tertiary alicyclic amines) is 1. The Balaban J connectivity index is 1.10. The number of carbonyl (C=O) groups is 2. The van der Waals surface area contributed by atoms with Gasteiger partial charge in [0.2, 0.25) is 11.8 Å². The fourth-order valence-electron chi connectivity index (χ4n) is 7.80. The van der Waals surface area contributed by atoms with Gasteiger partial charge in [0.1, 0.15) is 11.1 Å². The van der Waals surface area contributed by atoms with Gasteiger partial charge in [0.15, 0.2) is 0 Å². The Morgan fingerprint density at radius 2 is 1.80 bits per heavy atom. The number of aromatic amines is 1. The number of benzene rings is 3. The minimum absolute atomic E-state index is 0.0872. The molecular formula is C41H42Cl2N4O7. The highest BCUT2D eigenvalue weighted by atomic mass is 35.5. The zero-order chi connectivity index (χ0) is 38.1. The van der Waals surface area contributed by atoms with E-state index in [1.807, 2.05) is 6.07 Å². The van der Waals surface area contributed by atoms with E-state index in [4.69, 9.17) is 37.8 Å². The summed E-state index contributed by atoms with van der Waals surface area (Å²) in [5.41, 5.74) is 10.3. The summed E-state index contributed by atoms with van der Waals surface area (Å²) in [6.07, 6.45) is 0.565. The van der Waals surface area contributed by atoms with Crippen molar-refractivity contribution in [1.82, 2.24) is 20.2 Å². The normalized spacial score (nSPS) is 17.5. The summed E-state index contributed by atoms with van der Waals surface area (Å²) in [5.74, 6) is -1.55. The van der Waals surface area contributed by atoms with Crippen molar-refractivity contribution in [2.24, 2.45) is 5.92 Å². The Bertz CT molecular complexity index is 2220. The molecule has 13 heteroatoms. The lowest BCUT2D eigenvalue weighted by atomic mass is 9.91. The lowest BCUT2D eigenvalue weighted by molar-refractivity contribution is -0.141. The van der Waals surface area contributed by atoms with Crippen molar-refractivity contribution in [2.45, 2.75) is 57.9 Å². The number of fused-ring (bicyclic) bond motifs is 2. The number of aliphatic carboxylic acids is 2. The highest BCUT2D eigenvalue weighted by molar-refractivity contribution is 6.35. The Morgan fingerprint density at radius 1 is 1.02 bits per heavy atom. The van der Waals surface area contributed by atoms with Crippen molar-refractivity contribution >= 4 is 46.0 Å². The van der Waals surface area contributed by atoms with Crippen molar-refractivity contribution in [3.8, 4) is 34.1 Å². The van der Waals surface area contributed by atoms with Crippen molar-refractivity contribution in [1.29, 1.82) is 0 Å². The molecule has 2 aliphatic rings. The Hall–Kier alpha value is -4.65. The minimum atomic E-state index is -1.07. The monoisotopic (exact) mass is 772 g/mol. The molecule has 3 aromatic carbocycles. The molecule has 2 aromatic heterocycles. The van der Waals surface area contributed by atoms with Gasteiger partial charge in [-0.2, -0.15) is 4.98 Å². The Labute approximate surface area is 322 Å². The van der Waals surface area contributed by atoms with Crippen LogP contribution in [0, 0.1) is 12.8 Å². The van der Waals surface area contributed by atoms with Gasteiger partial charge in [-0.25, -0.2) is 0 Å². The van der Waals surface area contributed by atoms with E-state index in [9.17, 15) is 19.8 Å². The number of hydrogen-bond donors (Lipinski definition) is 5. The lowest BCUT2D eigenvalue weighted by Gasteiger charge is -2.18. The van der Waals surface area contributed by atoms with Gasteiger partial charge in [-0.05, 0) is 90.4 Å². The SMILES string of the molecule is COc1nc(O[C@H]2CCc3c(-c4cccc(-c5cc6cc(CN7CC[C@H](C(=O)O)C7)cc(Cl)c6[nH]5)c4C)cccc32)c(Cl)cc1CNC[C@@H](O)CC(=O)O. The van der Waals surface area contributed by atoms with Gasteiger partial charge in [-0.15, -0.1) is 0 Å². The van der Waals surface area contributed by atoms with Gasteiger partial charge in [0, 0.05) is 48.4 Å². The molecule has 3 atom stereocenters. The zero-order valence-electron chi connectivity index (χ0n) is 30.0. The van der Waals surface area contributed by atoms with Crippen LogP contribution in [0.15, 0.2) is 60.7 Å². The fraction of sp³-hybridized carbons (Fsp3) is 0.341. The number of aromatic nitrogens is 2. The summed E-state index contributed by atoms with van der Waals surface area (Å²) in [6, 6.07) is 20.6. The van der Waals surface area contributed by atoms with Crippen LogP contribution in [0.25, 0.3) is 33.3 Å². The number of ether oxygens (including phenoxy) is 2. The third-order valence-electron chi connectivity index (χ3n) is 10.4. The van der Waals surface area contributed by atoms with Crippen LogP contribution >= 0.6 is 23.2 Å². The van der Waals surface area contributed by atoms with Gasteiger partial charge in [-0.1, -0.05) is 59.6 Å². The first-order valence-electron chi connectivity index (χ1n) is 18.0. The highest BCUT2D eigenvalue weighted by Gasteiger charge is 2.30. The van der Waals surface area contributed by atoms with Crippen LogP contribution in [0.3, 0.4) is 0 Å². The number of halogens is 2. The molecule has 0 unspecified atom stereocenters. The van der Waals surface area contributed by atoms with Crippen LogP contribution in [0.1, 0.15) is 53.2 Å². The van der Waals surface area contributed by atoms with E-state index in [1.165, 1.54) is 12.7 Å². The number of nitrogens with one attached hydrogen (secondary N) is 2. The molecule has 1 aliphatic heterocycles. The zero-order valence-corrected chi connectivity index (χ0v) is 31.5. The van der Waals surface area contributed by atoms with Crippen molar-refractivity contribution in [3.05, 3.63) is 98.5 Å². The number of methoxy groups -OCH3 is 1. The first-order valence-corrected chi connectivity index (χ1v) is 18.7. The first kappa shape index (κ1) is 37.7. The molecule has 54 heavy (non-hydrogen) atoms. The molecule has 5 aromatic rings. The number of hydrogen-bond acceptors (Lipinski definition) is 8. The summed E-state index contributed by atoms with van der Waals surface area (Å²) in [7, 11) is 1.51. The third kappa shape index (κ3) is 7.92. The first-order chi connectivity index (χ1) is 26.0. The summed E-state index contributed by atoms with van der Waals surface area (Å²) in [4.78, 5) is 32.6. The Morgan fingerprint density at radius 3 is 2.56 bits per heavy atom. The van der Waals surface area contributed by atoms with Crippen molar-refractivity contribution < 1.29 is 34.4 Å². The number of aliphatic hydroxyl groups excluding tert-OH is 1. The van der Waals surface area contributed by atoms with Crippen LogP contribution in [0.2, 0.25) is 10.0 Å². The van der Waals surface area contributed by atoms with Crippen LogP contribution in [0.5, 0.6) is 11.8 Å². The summed E-state index contributed by atoms with van der Waals surface area (Å²) < 4.78 is 12.0. The molecule has 11 nitrogen and oxygen atoms in total. The number of aliphatic hydroxyl groups is 1. The van der Waals surface area contributed by atoms with Gasteiger partial charge < -0.3 is 35.1 Å². The van der Waals surface area contributed by atoms with Gasteiger partial charge in [0.05, 0.1) is 36.1 Å². The van der Waals surface area contributed by atoms with Crippen molar-refractivity contribution in [3.63, 3.8) is 0 Å². The molecule has 0 bridgehead atoms. The molecule has 1 fully saturated rings. The minimum Gasteiger partial charge on any atom is -0.481 e. The smallest absolute Gasteiger partial charge is 0.307 e. The Kier molecular flexibility index (Phi) is 11.1. The second-order valence-corrected chi connectivity index (χ2v) is 14.9. The van der Waals surface area contributed by atoms with E-state index >= 15 is 0 Å². The predicted octanol–water partition coefficient (Wildman–Crippen LogP) is 7.42. The molecule has 0 spiro atoms. The van der Waals surface area contributed by atoms with Gasteiger partial charge in [0.25, 0.3) is 0 Å². The van der Waals surface area contributed by atoms with Gasteiger partial charge in [-0.3, -0.25) is 14.5 Å². The van der Waals surface area contributed by atoms with E-state index in [0.29, 0.717) is 41.0 Å². The number of carboxylic acid groups (broad SMARTS) is 2. The molecule has 0 amide bonds. The maximum absolute atomic E-state index is 11.5. The maximum atomic E-state index is 11.5. The van der Waals surface area contributed by atoms with E-state index in [1.54, 1.807) is 6.07 Å². The summed E-state index contributed by atoms with van der Waals surface area (Å²) in [5, 5.41) is 33.2. The lowest BCUT2D eigenvalue weighted by Crippen LogP contribution is -2.28. The molecule has 3 heterocycles. The van der Waals surface area contributed by atoms with Crippen molar-refractivity contribution in [2.75, 3.05) is 26.7 Å². The summed E-state index contributed by atoms with van der Waals surface area (Å²) >= 11 is 13.5. The molecule has 282 valence electrons. The summed E-state index contributed by atoms with van der Waals surface area (Å²) in [6.45, 7) is 4.44. The number of H-pyrrole nitrogens is 1. The number of rotatable bonds is 14. The van der Waals surface area contributed by atoms with Gasteiger partial charge >= 0.3 is 11.9 Å². The standard InChI is InChI=1S/C41H42Cl2N4O7/c1-22-28(5-3-6-29(22)35-16-25-13-23(14-33(42)38(25)45-35)20-47-12-11-24(21-47)41(51)52)30-7-4-8-32-31(30)9-10-36(32)54-40-34(43)15-26(39(46-40)53-2)18-44-19-27(48)17-37(49)50/h3-8,13-16,24,27,36,44-45,48H,9-12,17-21H2,1-2H3,(H,49,50)(H,51,52)/t24-,27-,36-/m0/s1. The molecule has 5 N–H and O–H groups in total. The van der Waals surface area contributed by atoms with Crippen LogP contribution in [-0.4, -0.2) is 75.0 Å². The quantitative estimate of drug-likeness (QED) is 0.0770. The number of carboxylic acids is 2. The number of nitrogens with zero attached hydrogens (tertiary/aromatic N) is 2. The second kappa shape index (κ2) is 16.0. The second-order valence-electron chi connectivity index (χ2n) is 14.1. The van der Waals surface area contributed by atoms with E-state index in [0.717, 1.165) is 69.4 Å². The third-order valence-corrected chi connectivity index (χ3v) is 11.0. The van der Waals surface area contributed by atoms with E-state index < -0.39 is 18.0 Å². The maximum Gasteiger partial charge on any atom is 0.307 e. The fourth-order valence-corrected chi connectivity index (χ4v) is 8.32. The average molecular weight is 774 g/mol.